The molecule has 1 fully saturated rings. The van der Waals surface area contributed by atoms with E-state index in [1.165, 1.54) is 57.8 Å². The molecule has 0 radical (unpaired) electrons. The van der Waals surface area contributed by atoms with Crippen LogP contribution in [0.25, 0.3) is 0 Å². The van der Waals surface area contributed by atoms with E-state index in [-0.39, 0.29) is 0 Å². The van der Waals surface area contributed by atoms with Gasteiger partial charge in [0, 0.05) is 20.8 Å². The van der Waals surface area contributed by atoms with E-state index < -0.39 is 0 Å². The number of hydrogen-bond donors (Lipinski definition) is 0. The Morgan fingerprint density at radius 3 is 2.37 bits per heavy atom. The fraction of sp³-hybridized carbons (Fsp3) is 1.00. The quantitative estimate of drug-likeness (QED) is 0.567. The van der Waals surface area contributed by atoms with Crippen LogP contribution in [0, 0.1) is 11.8 Å². The van der Waals surface area contributed by atoms with Crippen molar-refractivity contribution >= 4 is 0 Å². The summed E-state index contributed by atoms with van der Waals surface area (Å²) in [6.07, 6.45) is 14.0. The van der Waals surface area contributed by atoms with Gasteiger partial charge in [0.25, 0.3) is 0 Å². The SMILES string of the molecule is CCCCC(CC(CCOC)OC)C1CCCCC1. The topological polar surface area (TPSA) is 18.5 Å². The van der Waals surface area contributed by atoms with Gasteiger partial charge in [0.15, 0.2) is 0 Å². The molecule has 0 aliphatic heterocycles. The lowest BCUT2D eigenvalue weighted by molar-refractivity contribution is 0.0361. The molecule has 2 heteroatoms. The molecule has 2 nitrogen and oxygen atoms in total. The van der Waals surface area contributed by atoms with Crippen LogP contribution < -0.4 is 0 Å². The van der Waals surface area contributed by atoms with Gasteiger partial charge in [0.05, 0.1) is 6.10 Å². The maximum Gasteiger partial charge on any atom is 0.0596 e. The lowest BCUT2D eigenvalue weighted by Crippen LogP contribution is -2.25. The van der Waals surface area contributed by atoms with E-state index in [4.69, 9.17) is 9.47 Å². The Balaban J connectivity index is 2.45. The molecule has 1 saturated carbocycles. The average molecular weight is 270 g/mol. The monoisotopic (exact) mass is 270 g/mol. The highest BCUT2D eigenvalue weighted by atomic mass is 16.5. The van der Waals surface area contributed by atoms with Gasteiger partial charge in [-0.1, -0.05) is 58.3 Å². The van der Waals surface area contributed by atoms with E-state index in [1.807, 2.05) is 7.11 Å². The highest BCUT2D eigenvalue weighted by molar-refractivity contribution is 4.77. The van der Waals surface area contributed by atoms with Crippen LogP contribution in [0.5, 0.6) is 0 Å². The summed E-state index contributed by atoms with van der Waals surface area (Å²) in [4.78, 5) is 0. The molecule has 1 aliphatic rings. The molecule has 0 aromatic carbocycles. The van der Waals surface area contributed by atoms with Crippen molar-refractivity contribution < 1.29 is 9.47 Å². The van der Waals surface area contributed by atoms with E-state index in [1.54, 1.807) is 7.11 Å². The Kier molecular flexibility index (Phi) is 9.54. The van der Waals surface area contributed by atoms with E-state index >= 15 is 0 Å². The molecule has 2 unspecified atom stereocenters. The summed E-state index contributed by atoms with van der Waals surface area (Å²) < 4.78 is 10.9. The number of unbranched alkanes of at least 4 members (excludes halogenated alkanes) is 1. The van der Waals surface area contributed by atoms with Crippen molar-refractivity contribution in [1.29, 1.82) is 0 Å². The van der Waals surface area contributed by atoms with Crippen LogP contribution in [-0.4, -0.2) is 26.9 Å². The summed E-state index contributed by atoms with van der Waals surface area (Å²) in [7, 11) is 3.64. The second-order valence-electron chi connectivity index (χ2n) is 6.18. The van der Waals surface area contributed by atoms with Gasteiger partial charge >= 0.3 is 0 Å². The molecule has 0 amide bonds. The van der Waals surface area contributed by atoms with Crippen molar-refractivity contribution in [3.63, 3.8) is 0 Å². The highest BCUT2D eigenvalue weighted by Crippen LogP contribution is 2.36. The largest absolute Gasteiger partial charge is 0.385 e. The van der Waals surface area contributed by atoms with Crippen molar-refractivity contribution in [2.75, 3.05) is 20.8 Å². The molecule has 19 heavy (non-hydrogen) atoms. The first-order valence-corrected chi connectivity index (χ1v) is 8.33. The third kappa shape index (κ3) is 6.76. The predicted molar refractivity (Wildman–Crippen MR) is 81.5 cm³/mol. The molecular weight excluding hydrogens is 236 g/mol. The molecule has 0 N–H and O–H groups in total. The lowest BCUT2D eigenvalue weighted by Gasteiger charge is -2.32. The minimum atomic E-state index is 0.392. The first-order valence-electron chi connectivity index (χ1n) is 8.33. The zero-order chi connectivity index (χ0) is 13.9. The number of hydrogen-bond acceptors (Lipinski definition) is 2. The van der Waals surface area contributed by atoms with E-state index in [2.05, 4.69) is 6.92 Å². The smallest absolute Gasteiger partial charge is 0.0596 e. The summed E-state index contributed by atoms with van der Waals surface area (Å²) in [5, 5.41) is 0. The predicted octanol–water partition coefficient (Wildman–Crippen LogP) is 4.81. The van der Waals surface area contributed by atoms with Crippen molar-refractivity contribution in [2.24, 2.45) is 11.8 Å². The molecule has 1 aliphatic carbocycles. The van der Waals surface area contributed by atoms with Crippen LogP contribution in [0.3, 0.4) is 0 Å². The van der Waals surface area contributed by atoms with Crippen LogP contribution >= 0.6 is 0 Å². The lowest BCUT2D eigenvalue weighted by atomic mass is 9.75. The second kappa shape index (κ2) is 10.7. The standard InChI is InChI=1S/C17H34O2/c1-4-5-9-16(15-10-7-6-8-11-15)14-17(19-3)12-13-18-2/h15-17H,4-14H2,1-3H3. The summed E-state index contributed by atoms with van der Waals surface area (Å²) in [6, 6.07) is 0. The van der Waals surface area contributed by atoms with Crippen LogP contribution in [0.15, 0.2) is 0 Å². The zero-order valence-corrected chi connectivity index (χ0v) is 13.3. The van der Waals surface area contributed by atoms with Crippen LogP contribution in [0.1, 0.15) is 71.1 Å². The first kappa shape index (κ1) is 17.0. The number of ether oxygens (including phenoxy) is 2. The summed E-state index contributed by atoms with van der Waals surface area (Å²) in [5.74, 6) is 1.84. The molecule has 0 aromatic rings. The molecule has 0 spiro atoms. The Labute approximate surface area is 120 Å². The fourth-order valence-corrected chi connectivity index (χ4v) is 3.54. The highest BCUT2D eigenvalue weighted by Gasteiger charge is 2.25. The Hall–Kier alpha value is -0.0800. The molecule has 0 aromatic heterocycles. The average Bonchev–Trinajstić information content (AvgIpc) is 2.47. The third-order valence-electron chi connectivity index (χ3n) is 4.79. The Morgan fingerprint density at radius 1 is 1.05 bits per heavy atom. The van der Waals surface area contributed by atoms with Gasteiger partial charge in [-0.3, -0.25) is 0 Å². The van der Waals surface area contributed by atoms with Gasteiger partial charge in [0.1, 0.15) is 0 Å². The van der Waals surface area contributed by atoms with Crippen molar-refractivity contribution in [1.82, 2.24) is 0 Å². The van der Waals surface area contributed by atoms with Crippen molar-refractivity contribution in [2.45, 2.75) is 77.2 Å². The van der Waals surface area contributed by atoms with Crippen LogP contribution in [0.2, 0.25) is 0 Å². The zero-order valence-electron chi connectivity index (χ0n) is 13.3. The van der Waals surface area contributed by atoms with E-state index in [0.717, 1.165) is 24.9 Å². The molecular formula is C17H34O2. The van der Waals surface area contributed by atoms with E-state index in [9.17, 15) is 0 Å². The third-order valence-corrected chi connectivity index (χ3v) is 4.79. The van der Waals surface area contributed by atoms with Gasteiger partial charge in [0.2, 0.25) is 0 Å². The normalized spacial score (nSPS) is 20.4. The van der Waals surface area contributed by atoms with Gasteiger partial charge in [-0.15, -0.1) is 0 Å². The Bertz CT molecular complexity index is 199. The number of methoxy groups -OCH3 is 2. The molecule has 0 saturated heterocycles. The van der Waals surface area contributed by atoms with Crippen molar-refractivity contribution in [3.8, 4) is 0 Å². The minimum Gasteiger partial charge on any atom is -0.385 e. The fourth-order valence-electron chi connectivity index (χ4n) is 3.54. The van der Waals surface area contributed by atoms with Crippen molar-refractivity contribution in [3.05, 3.63) is 0 Å². The Morgan fingerprint density at radius 2 is 1.79 bits per heavy atom. The maximum atomic E-state index is 5.67. The molecule has 2 atom stereocenters. The van der Waals surface area contributed by atoms with E-state index in [0.29, 0.717) is 6.10 Å². The molecule has 0 bridgehead atoms. The first-order chi connectivity index (χ1) is 9.31. The molecule has 114 valence electrons. The van der Waals surface area contributed by atoms with Gasteiger partial charge < -0.3 is 9.47 Å². The van der Waals surface area contributed by atoms with Gasteiger partial charge in [-0.25, -0.2) is 0 Å². The number of rotatable bonds is 10. The second-order valence-corrected chi connectivity index (χ2v) is 6.18. The van der Waals surface area contributed by atoms with Gasteiger partial charge in [-0.2, -0.15) is 0 Å². The molecule has 0 heterocycles. The van der Waals surface area contributed by atoms with Gasteiger partial charge in [-0.05, 0) is 24.7 Å². The van der Waals surface area contributed by atoms with Crippen LogP contribution in [-0.2, 0) is 9.47 Å². The minimum absolute atomic E-state index is 0.392. The molecule has 1 rings (SSSR count). The summed E-state index contributed by atoms with van der Waals surface area (Å²) >= 11 is 0. The van der Waals surface area contributed by atoms with Crippen LogP contribution in [0.4, 0.5) is 0 Å². The summed E-state index contributed by atoms with van der Waals surface area (Å²) in [6.45, 7) is 3.13. The maximum absolute atomic E-state index is 5.67. The summed E-state index contributed by atoms with van der Waals surface area (Å²) in [5.41, 5.74) is 0.